The summed E-state index contributed by atoms with van der Waals surface area (Å²) >= 11 is 0. The number of aliphatic hydroxyl groups is 3. The number of likely N-dealkylation sites (N-methyl/N-ethyl adjacent to an activating group) is 1. The number of hydrogen-bond acceptors (Lipinski definition) is 32. The van der Waals surface area contributed by atoms with Gasteiger partial charge in [0.05, 0.1) is 52.1 Å². The first kappa shape index (κ1) is 104. The van der Waals surface area contributed by atoms with Crippen LogP contribution in [0.15, 0.2) is 97.1 Å². The highest BCUT2D eigenvalue weighted by Gasteiger charge is 2.19. The minimum atomic E-state index is -1.29. The molecule has 0 aliphatic carbocycles. The Hall–Kier alpha value is -12.0. The second-order valence-electron chi connectivity index (χ2n) is 17.8. The highest BCUT2D eigenvalue weighted by atomic mass is 16.7. The molecule has 0 heterocycles. The molecule has 103 heavy (non-hydrogen) atoms. The maximum atomic E-state index is 11.6. The number of phenolic OH excluding ortho intramolecular Hbond substituents is 4. The molecule has 0 atom stereocenters. The van der Waals surface area contributed by atoms with Crippen molar-refractivity contribution in [1.29, 1.82) is 0 Å². The molecule has 39 heteroatoms. The molecule has 0 radical (unpaired) electrons. The van der Waals surface area contributed by atoms with Crippen LogP contribution in [0.1, 0.15) is 89.9 Å². The van der Waals surface area contributed by atoms with Crippen LogP contribution in [0.5, 0.6) is 23.0 Å². The van der Waals surface area contributed by atoms with Crippen LogP contribution in [0, 0.1) is 0 Å². The number of ether oxygens (including phenoxy) is 5. The number of hydrogen-bond donors (Lipinski definition) is 18. The Morgan fingerprint density at radius 2 is 0.583 bits per heavy atom. The molecule has 4 amide bonds. The van der Waals surface area contributed by atoms with Gasteiger partial charge in [-0.2, -0.15) is 0 Å². The average molecular weight is 1470 g/mol. The van der Waals surface area contributed by atoms with Crippen molar-refractivity contribution >= 4 is 117 Å². The smallest absolute Gasteiger partial charge is 0.420 e. The van der Waals surface area contributed by atoms with Gasteiger partial charge in [-0.25, -0.2) is 14.4 Å². The highest BCUT2D eigenvalue weighted by molar-refractivity contribution is 6.32. The van der Waals surface area contributed by atoms with E-state index in [4.69, 9.17) is 56.8 Å². The molecule has 4 aromatic carbocycles. The van der Waals surface area contributed by atoms with E-state index < -0.39 is 102 Å². The van der Waals surface area contributed by atoms with Gasteiger partial charge in [0.1, 0.15) is 46.1 Å². The summed E-state index contributed by atoms with van der Waals surface area (Å²) in [6, 6.07) is 23.9. The molecule has 0 saturated heterocycles. The fourth-order valence-corrected chi connectivity index (χ4v) is 5.75. The number of anilines is 4. The van der Waals surface area contributed by atoms with Crippen molar-refractivity contribution < 1.29 is 151 Å². The maximum absolute atomic E-state index is 11.6. The Morgan fingerprint density at radius 3 is 0.825 bits per heavy atom. The molecule has 4 rings (SSSR count). The molecule has 0 fully saturated rings. The molecule has 0 unspecified atom stereocenters. The van der Waals surface area contributed by atoms with Gasteiger partial charge in [0.25, 0.3) is 0 Å². The predicted octanol–water partition coefficient (Wildman–Crippen LogP) is 0.502. The molecule has 576 valence electrons. The fraction of sp³-hybridized carbons (Fsp3) is 0.375. The Kier molecular flexibility index (Phi) is 70.8. The van der Waals surface area contributed by atoms with E-state index in [1.807, 2.05) is 5.32 Å². The molecule has 0 saturated carbocycles. The summed E-state index contributed by atoms with van der Waals surface area (Å²) in [6.07, 6.45) is -3.06. The van der Waals surface area contributed by atoms with E-state index in [0.717, 1.165) is 28.4 Å². The molecular weight excluding hydrogens is 1380 g/mol. The summed E-state index contributed by atoms with van der Waals surface area (Å²) in [4.78, 5) is 176. The molecular formula is C64H94N8O31. The Labute approximate surface area is 591 Å². The number of rotatable bonds is 29. The number of aliphatic hydroxyl groups excluding tert-OH is 3. The topological polar surface area (TPSA) is 674 Å². The molecule has 0 bridgehead atoms. The number of carbonyl (C=O) groups excluding carboxylic acids is 13. The van der Waals surface area contributed by atoms with Gasteiger partial charge in [0.2, 0.25) is 31.3 Å². The largest absolute Gasteiger partial charge is 0.508 e. The molecule has 0 spiro atoms. The molecule has 0 aliphatic heterocycles. The zero-order valence-electron chi connectivity index (χ0n) is 57.9. The third kappa shape index (κ3) is 67.0. The maximum Gasteiger partial charge on any atom is 0.420 e. The number of phenols is 4. The van der Waals surface area contributed by atoms with E-state index >= 15 is 0 Å². The number of amides is 4. The summed E-state index contributed by atoms with van der Waals surface area (Å²) < 4.78 is 21.8. The summed E-state index contributed by atoms with van der Waals surface area (Å²) in [5.41, 5.74) is 20.9. The van der Waals surface area contributed by atoms with Gasteiger partial charge >= 0.3 is 53.7 Å². The number of aromatic hydroxyl groups is 4. The second kappa shape index (κ2) is 69.8. The van der Waals surface area contributed by atoms with Crippen LogP contribution in [-0.4, -0.2) is 216 Å². The SMILES string of the molecule is CN.CN.CN.CNC(=O)C(=O)OCOC(=O)CCC(=O)Nc1ccc(O)cc1.CO.CO.CO.COC(=O)C(=O)OCOC(=O)CCC(=O)Nc1ccc(O)cc1.Nc1ccc(O)cc1.O=C(O)CCC(=O)CC(=O)CCC(=O)Nc1ccc(O)cc1.O=C(O)CCC(=O)CC(=O)CCC(=O)O. The fourth-order valence-electron chi connectivity index (χ4n) is 5.75. The number of carboxylic acid groups (broad SMARTS) is 3. The lowest BCUT2D eigenvalue weighted by atomic mass is 10.1. The first-order valence-corrected chi connectivity index (χ1v) is 29.5. The average Bonchev–Trinajstić information content (AvgIpc) is 0.961. The van der Waals surface area contributed by atoms with Crippen molar-refractivity contribution in [2.75, 3.05) is 91.9 Å². The van der Waals surface area contributed by atoms with E-state index in [9.17, 15) is 76.7 Å². The second-order valence-corrected chi connectivity index (χ2v) is 17.8. The van der Waals surface area contributed by atoms with Gasteiger partial charge in [-0.1, -0.05) is 0 Å². The lowest BCUT2D eigenvalue weighted by molar-refractivity contribution is -0.177. The van der Waals surface area contributed by atoms with Crippen LogP contribution in [0.2, 0.25) is 0 Å². The predicted molar refractivity (Wildman–Crippen MR) is 365 cm³/mol. The van der Waals surface area contributed by atoms with Crippen molar-refractivity contribution in [2.24, 2.45) is 17.2 Å². The molecule has 4 aromatic rings. The number of Topliss-reactive ketones (excluding diaryl/α,β-unsaturated/α-hetero) is 4. The Balaban J connectivity index is -0.000000221. The number of nitrogens with one attached hydrogen (secondary N) is 4. The normalized spacial score (nSPS) is 8.87. The molecule has 0 aromatic heterocycles. The number of nitrogen functional groups attached to an aromatic ring is 1. The first-order chi connectivity index (χ1) is 48.9. The van der Waals surface area contributed by atoms with E-state index in [-0.39, 0.29) is 119 Å². The van der Waals surface area contributed by atoms with Crippen molar-refractivity contribution in [1.82, 2.24) is 5.32 Å². The zero-order valence-corrected chi connectivity index (χ0v) is 57.9. The van der Waals surface area contributed by atoms with Crippen LogP contribution in [0.25, 0.3) is 0 Å². The van der Waals surface area contributed by atoms with Crippen molar-refractivity contribution in [3.63, 3.8) is 0 Å². The van der Waals surface area contributed by atoms with E-state index in [2.05, 4.69) is 56.8 Å². The summed E-state index contributed by atoms with van der Waals surface area (Å²) in [6.45, 7) is -1.45. The number of carbonyl (C=O) groups is 16. The van der Waals surface area contributed by atoms with Crippen LogP contribution in [-0.2, 0) is 100 Å². The Morgan fingerprint density at radius 1 is 0.340 bits per heavy atom. The summed E-state index contributed by atoms with van der Waals surface area (Å²) in [5, 5.41) is 91.6. The number of methoxy groups -OCH3 is 1. The number of esters is 5. The van der Waals surface area contributed by atoms with Crippen molar-refractivity contribution in [3.8, 4) is 23.0 Å². The van der Waals surface area contributed by atoms with E-state index in [0.29, 0.717) is 22.7 Å². The summed E-state index contributed by atoms with van der Waals surface area (Å²) in [7, 11) is 9.75. The van der Waals surface area contributed by atoms with Crippen LogP contribution in [0.4, 0.5) is 22.7 Å². The van der Waals surface area contributed by atoms with Gasteiger partial charge in [-0.3, -0.25) is 62.3 Å². The first-order valence-electron chi connectivity index (χ1n) is 29.5. The monoisotopic (exact) mass is 1470 g/mol. The van der Waals surface area contributed by atoms with Gasteiger partial charge in [-0.05, 0) is 118 Å². The van der Waals surface area contributed by atoms with Gasteiger partial charge in [-0.15, -0.1) is 0 Å². The summed E-state index contributed by atoms with van der Waals surface area (Å²) in [5.74, 6) is -12.0. The standard InChI is InChI=1S/C15H17NO6.C14H16N2O7.C14H15NO8.C9H12O6.C6H7NO.3CH5N.3CH4O/c17-11-3-1-10(2-4-11)16-14(20)7-5-12(18)9-13(19)6-8-15(21)22;1-15-13(20)14(21)23-8-22-12(19)7-6-11(18)16-9-2-4-10(17)5-3-9;1-21-13(19)14(20)23-8-22-12(18)7-6-11(17)15-9-2-4-10(16)5-3-9;10-6(1-3-8(12)13)5-7(11)2-4-9(14)15;7-5-1-3-6(8)4-2-5;6*1-2/h1-4,17H,5-9H2,(H,16,20)(H,21,22);2-5,17H,6-8H2,1H3,(H,15,20)(H,16,18);2-5,16H,6-8H2,1H3,(H,15,17);1-5H2,(H,12,13)(H,14,15);1-4,8H,7H2;3*2H2,1H3;3*2H,1H3. The number of carboxylic acids is 3. The van der Waals surface area contributed by atoms with Crippen molar-refractivity contribution in [3.05, 3.63) is 97.1 Å². The van der Waals surface area contributed by atoms with Crippen LogP contribution in [0.3, 0.4) is 0 Å². The Bertz CT molecular complexity index is 2980. The third-order valence-electron chi connectivity index (χ3n) is 10.3. The van der Waals surface area contributed by atoms with Gasteiger partial charge < -0.3 is 119 Å². The zero-order chi connectivity index (χ0) is 80.8. The number of ketones is 4. The quantitative estimate of drug-likeness (QED) is 0.00669. The highest BCUT2D eigenvalue weighted by Crippen LogP contribution is 2.17. The molecule has 0 aliphatic rings. The van der Waals surface area contributed by atoms with E-state index in [1.165, 1.54) is 101 Å². The third-order valence-corrected chi connectivity index (χ3v) is 10.3. The van der Waals surface area contributed by atoms with Gasteiger partial charge in [0, 0.05) is 96.1 Å². The lowest BCUT2D eigenvalue weighted by Gasteiger charge is -2.06. The van der Waals surface area contributed by atoms with Crippen molar-refractivity contribution in [2.45, 2.75) is 89.9 Å². The number of benzene rings is 4. The molecule has 22 N–H and O–H groups in total. The van der Waals surface area contributed by atoms with E-state index in [1.54, 1.807) is 24.3 Å². The van der Waals surface area contributed by atoms with Crippen LogP contribution < -0.4 is 44.2 Å². The van der Waals surface area contributed by atoms with Crippen LogP contribution >= 0.6 is 0 Å². The number of nitrogens with two attached hydrogens (primary N) is 4. The lowest BCUT2D eigenvalue weighted by Crippen LogP contribution is -2.30. The number of aliphatic carboxylic acids is 3. The molecule has 39 nitrogen and oxygen atoms in total. The van der Waals surface area contributed by atoms with Gasteiger partial charge in [0.15, 0.2) is 0 Å². The minimum absolute atomic E-state index is 0.0630. The minimum Gasteiger partial charge on any atom is -0.508 e.